The number of halogens is 1. The Morgan fingerprint density at radius 2 is 2.15 bits per heavy atom. The van der Waals surface area contributed by atoms with Crippen LogP contribution in [-0.2, 0) is 0 Å². The molecule has 0 atom stereocenters. The molecular formula is C21H29FN2O3. The lowest BCUT2D eigenvalue weighted by Crippen LogP contribution is -2.48. The predicted octanol–water partition coefficient (Wildman–Crippen LogP) is 3.88. The minimum atomic E-state index is -0.457. The third-order valence-electron chi connectivity index (χ3n) is 3.87. The molecule has 1 N–H and O–H groups in total. The van der Waals surface area contributed by atoms with E-state index in [9.17, 15) is 4.39 Å². The molecule has 1 saturated heterocycles. The third kappa shape index (κ3) is 7.06. The van der Waals surface area contributed by atoms with E-state index in [4.69, 9.17) is 14.6 Å². The van der Waals surface area contributed by atoms with Crippen molar-refractivity contribution in [1.29, 1.82) is 0 Å². The zero-order valence-electron chi connectivity index (χ0n) is 16.3. The second-order valence-corrected chi connectivity index (χ2v) is 7.53. The van der Waals surface area contributed by atoms with Crippen LogP contribution in [0.2, 0.25) is 0 Å². The van der Waals surface area contributed by atoms with Gasteiger partial charge in [-0.1, -0.05) is 18.7 Å². The number of aliphatic hydroxyl groups is 1. The summed E-state index contributed by atoms with van der Waals surface area (Å²) in [6.45, 7) is 11.4. The molecule has 148 valence electrons. The average Bonchev–Trinajstić information content (AvgIpc) is 2.55. The van der Waals surface area contributed by atoms with Crippen LogP contribution in [-0.4, -0.2) is 46.9 Å². The number of likely N-dealkylation sites (tertiary alicyclic amines) is 1. The molecular weight excluding hydrogens is 347 g/mol. The Hall–Kier alpha value is -2.34. The lowest BCUT2D eigenvalue weighted by Gasteiger charge is -2.41. The van der Waals surface area contributed by atoms with Crippen molar-refractivity contribution in [2.45, 2.75) is 32.8 Å². The van der Waals surface area contributed by atoms with Crippen molar-refractivity contribution in [2.24, 2.45) is 5.92 Å². The summed E-state index contributed by atoms with van der Waals surface area (Å²) >= 11 is 0. The number of hydrogen-bond donors (Lipinski definition) is 1. The Labute approximate surface area is 160 Å². The van der Waals surface area contributed by atoms with Crippen LogP contribution in [0.25, 0.3) is 0 Å². The number of rotatable bonds is 9. The van der Waals surface area contributed by atoms with Crippen molar-refractivity contribution in [3.8, 4) is 11.6 Å². The lowest BCUT2D eigenvalue weighted by molar-refractivity contribution is 0.0909. The van der Waals surface area contributed by atoms with Crippen molar-refractivity contribution in [3.05, 3.63) is 54.7 Å². The fourth-order valence-electron chi connectivity index (χ4n) is 2.61. The van der Waals surface area contributed by atoms with Gasteiger partial charge in [-0.2, -0.15) is 0 Å². The second-order valence-electron chi connectivity index (χ2n) is 7.53. The molecule has 0 bridgehead atoms. The average molecular weight is 376 g/mol. The molecule has 2 heterocycles. The molecule has 0 unspecified atom stereocenters. The molecule has 0 aromatic carbocycles. The maximum Gasteiger partial charge on any atom is 0.213 e. The fraction of sp³-hybridized carbons (Fsp3) is 0.476. The van der Waals surface area contributed by atoms with Crippen molar-refractivity contribution in [3.63, 3.8) is 0 Å². The Balaban J connectivity index is 1.78. The lowest BCUT2D eigenvalue weighted by atomic mass is 10.00. The summed E-state index contributed by atoms with van der Waals surface area (Å²) in [5.74, 6) is 1.11. The summed E-state index contributed by atoms with van der Waals surface area (Å²) in [6, 6.07) is 3.63. The Morgan fingerprint density at radius 1 is 1.41 bits per heavy atom. The van der Waals surface area contributed by atoms with Crippen LogP contribution in [0, 0.1) is 5.92 Å². The van der Waals surface area contributed by atoms with Crippen LogP contribution in [0.5, 0.6) is 11.6 Å². The van der Waals surface area contributed by atoms with E-state index in [1.165, 1.54) is 0 Å². The van der Waals surface area contributed by atoms with Crippen LogP contribution in [0.4, 0.5) is 4.39 Å². The number of pyridine rings is 1. The Kier molecular flexibility index (Phi) is 7.42. The topological polar surface area (TPSA) is 54.8 Å². The highest BCUT2D eigenvalue weighted by molar-refractivity contribution is 5.28. The molecule has 1 fully saturated rings. The van der Waals surface area contributed by atoms with E-state index in [2.05, 4.69) is 11.6 Å². The summed E-state index contributed by atoms with van der Waals surface area (Å²) in [5.41, 5.74) is 0.190. The third-order valence-corrected chi connectivity index (χ3v) is 3.87. The van der Waals surface area contributed by atoms with E-state index in [0.29, 0.717) is 49.4 Å². The molecule has 0 spiro atoms. The molecule has 2 rings (SSSR count). The van der Waals surface area contributed by atoms with E-state index in [-0.39, 0.29) is 12.2 Å². The van der Waals surface area contributed by atoms with E-state index in [1.54, 1.807) is 30.5 Å². The van der Waals surface area contributed by atoms with Gasteiger partial charge in [-0.3, -0.25) is 0 Å². The number of hydrogen-bond acceptors (Lipinski definition) is 5. The minimum Gasteiger partial charge on any atom is -0.492 e. The predicted molar refractivity (Wildman–Crippen MR) is 104 cm³/mol. The van der Waals surface area contributed by atoms with Crippen LogP contribution in [0.3, 0.4) is 0 Å². The second kappa shape index (κ2) is 9.55. The van der Waals surface area contributed by atoms with E-state index in [0.717, 1.165) is 0 Å². The van der Waals surface area contributed by atoms with Crippen molar-refractivity contribution < 1.29 is 19.0 Å². The maximum absolute atomic E-state index is 13.6. The fourth-order valence-corrected chi connectivity index (χ4v) is 2.61. The molecule has 6 heteroatoms. The molecule has 1 aromatic heterocycles. The number of ether oxygens (including phenoxy) is 2. The summed E-state index contributed by atoms with van der Waals surface area (Å²) in [7, 11) is 0. The van der Waals surface area contributed by atoms with Crippen LogP contribution >= 0.6 is 0 Å². The quantitative estimate of drug-likeness (QED) is 0.663. The SMILES string of the molecule is C=C(F)/C(=C\C=C/CCO)N1CC(COc2ccc(OC(C)(C)C)nc2)C1. The summed E-state index contributed by atoms with van der Waals surface area (Å²) < 4.78 is 25.1. The first-order valence-corrected chi connectivity index (χ1v) is 9.14. The monoisotopic (exact) mass is 376 g/mol. The van der Waals surface area contributed by atoms with Crippen molar-refractivity contribution in [2.75, 3.05) is 26.3 Å². The standard InChI is InChI=1S/C21H29FN2O3/c1-16(22)19(8-6-5-7-11-25)24-13-17(14-24)15-26-18-9-10-20(23-12-18)27-21(2,3)4/h5-6,8-10,12,17,25H,1,7,11,13-15H2,2-4H3/b6-5-,19-8+. The van der Waals surface area contributed by atoms with E-state index in [1.807, 2.05) is 31.7 Å². The molecule has 0 aliphatic carbocycles. The zero-order chi connectivity index (χ0) is 19.9. The van der Waals surface area contributed by atoms with Crippen LogP contribution < -0.4 is 9.47 Å². The smallest absolute Gasteiger partial charge is 0.213 e. The first-order valence-electron chi connectivity index (χ1n) is 9.14. The van der Waals surface area contributed by atoms with Gasteiger partial charge in [-0.15, -0.1) is 0 Å². The van der Waals surface area contributed by atoms with Gasteiger partial charge in [0.15, 0.2) is 0 Å². The van der Waals surface area contributed by atoms with Gasteiger partial charge in [0.1, 0.15) is 17.2 Å². The summed E-state index contributed by atoms with van der Waals surface area (Å²) in [4.78, 5) is 6.18. The van der Waals surface area contributed by atoms with Gasteiger partial charge in [-0.05, 0) is 39.3 Å². The van der Waals surface area contributed by atoms with Gasteiger partial charge in [0.05, 0.1) is 18.5 Å². The van der Waals surface area contributed by atoms with Gasteiger partial charge in [0.2, 0.25) is 5.88 Å². The van der Waals surface area contributed by atoms with Gasteiger partial charge in [0.25, 0.3) is 0 Å². The number of nitrogens with zero attached hydrogens (tertiary/aromatic N) is 2. The molecule has 5 nitrogen and oxygen atoms in total. The number of aromatic nitrogens is 1. The van der Waals surface area contributed by atoms with E-state index < -0.39 is 5.83 Å². The highest BCUT2D eigenvalue weighted by Crippen LogP contribution is 2.27. The highest BCUT2D eigenvalue weighted by Gasteiger charge is 2.29. The molecule has 0 radical (unpaired) electrons. The van der Waals surface area contributed by atoms with Crippen LogP contribution in [0.1, 0.15) is 27.2 Å². The number of allylic oxidation sites excluding steroid dienone is 3. The zero-order valence-corrected chi connectivity index (χ0v) is 16.3. The Morgan fingerprint density at radius 3 is 2.70 bits per heavy atom. The maximum atomic E-state index is 13.6. The Bertz CT molecular complexity index is 672. The number of aliphatic hydroxyl groups excluding tert-OH is 1. The van der Waals surface area contributed by atoms with Crippen LogP contribution in [0.15, 0.2) is 54.7 Å². The molecule has 0 saturated carbocycles. The minimum absolute atomic E-state index is 0.0809. The first-order chi connectivity index (χ1) is 12.8. The van der Waals surface area contributed by atoms with Crippen molar-refractivity contribution >= 4 is 0 Å². The van der Waals surface area contributed by atoms with Gasteiger partial charge in [-0.25, -0.2) is 9.37 Å². The van der Waals surface area contributed by atoms with Gasteiger partial charge < -0.3 is 19.5 Å². The summed E-state index contributed by atoms with van der Waals surface area (Å²) in [5, 5.41) is 8.76. The molecule has 1 aliphatic heterocycles. The molecule has 1 aliphatic rings. The highest BCUT2D eigenvalue weighted by atomic mass is 19.1. The largest absolute Gasteiger partial charge is 0.492 e. The van der Waals surface area contributed by atoms with Gasteiger partial charge in [0, 0.05) is 31.7 Å². The first kappa shape index (κ1) is 21.0. The van der Waals surface area contributed by atoms with Gasteiger partial charge >= 0.3 is 0 Å². The van der Waals surface area contributed by atoms with E-state index >= 15 is 0 Å². The molecule has 0 amide bonds. The van der Waals surface area contributed by atoms with Crippen molar-refractivity contribution in [1.82, 2.24) is 9.88 Å². The molecule has 27 heavy (non-hydrogen) atoms. The normalized spacial score (nSPS) is 15.7. The summed E-state index contributed by atoms with van der Waals surface area (Å²) in [6.07, 6.45) is 7.42. The molecule has 1 aromatic rings.